The first kappa shape index (κ1) is 7.85. The van der Waals surface area contributed by atoms with E-state index in [0.29, 0.717) is 0 Å². The highest BCUT2D eigenvalue weighted by molar-refractivity contribution is 5.99. The van der Waals surface area contributed by atoms with Crippen molar-refractivity contribution in [2.75, 3.05) is 20.8 Å². The molecule has 0 atom stereocenters. The molecule has 0 unspecified atom stereocenters. The standard InChI is InChI=1S/C8H13N3/c1-4-5-7-8(9-2)10-6-11(7)3/h4-5H,1,6H2,2-3H3,(H,9,10)/b7-5+. The molecule has 0 aromatic heterocycles. The SMILES string of the molecule is C=C/C=C1\C(=NC)NCN1C. The van der Waals surface area contributed by atoms with Crippen LogP contribution in [0.25, 0.3) is 0 Å². The zero-order chi connectivity index (χ0) is 8.27. The predicted octanol–water partition coefficient (Wildman–Crippen LogP) is 0.577. The van der Waals surface area contributed by atoms with Crippen molar-refractivity contribution in [2.24, 2.45) is 4.99 Å². The number of rotatable bonds is 1. The van der Waals surface area contributed by atoms with E-state index in [2.05, 4.69) is 21.8 Å². The van der Waals surface area contributed by atoms with Crippen molar-refractivity contribution >= 4 is 5.84 Å². The van der Waals surface area contributed by atoms with Gasteiger partial charge in [-0.3, -0.25) is 4.99 Å². The number of aliphatic imine (C=N–C) groups is 1. The van der Waals surface area contributed by atoms with E-state index in [4.69, 9.17) is 0 Å². The van der Waals surface area contributed by atoms with Crippen LogP contribution in [0.4, 0.5) is 0 Å². The maximum absolute atomic E-state index is 4.09. The van der Waals surface area contributed by atoms with E-state index in [-0.39, 0.29) is 0 Å². The van der Waals surface area contributed by atoms with E-state index in [0.717, 1.165) is 18.2 Å². The molecule has 3 nitrogen and oxygen atoms in total. The Morgan fingerprint density at radius 3 is 3.00 bits per heavy atom. The molecule has 60 valence electrons. The summed E-state index contributed by atoms with van der Waals surface area (Å²) in [6.45, 7) is 4.47. The fourth-order valence-corrected chi connectivity index (χ4v) is 1.06. The largest absolute Gasteiger partial charge is 0.354 e. The van der Waals surface area contributed by atoms with Crippen molar-refractivity contribution < 1.29 is 0 Å². The monoisotopic (exact) mass is 151 g/mol. The second kappa shape index (κ2) is 3.23. The van der Waals surface area contributed by atoms with Crippen LogP contribution in [0.3, 0.4) is 0 Å². The summed E-state index contributed by atoms with van der Waals surface area (Å²) in [7, 11) is 3.79. The van der Waals surface area contributed by atoms with Gasteiger partial charge in [0.25, 0.3) is 0 Å². The lowest BCUT2D eigenvalue weighted by atomic mass is 10.3. The molecule has 1 heterocycles. The molecule has 0 aliphatic carbocycles. The van der Waals surface area contributed by atoms with Crippen LogP contribution in [0.15, 0.2) is 29.4 Å². The third-order valence-corrected chi connectivity index (χ3v) is 1.64. The highest BCUT2D eigenvalue weighted by Crippen LogP contribution is 2.07. The number of nitrogens with one attached hydrogen (secondary N) is 1. The van der Waals surface area contributed by atoms with E-state index >= 15 is 0 Å². The molecule has 0 spiro atoms. The van der Waals surface area contributed by atoms with Crippen molar-refractivity contribution in [1.29, 1.82) is 0 Å². The molecule has 0 saturated carbocycles. The number of amidine groups is 1. The Hall–Kier alpha value is -1.25. The topological polar surface area (TPSA) is 27.6 Å². The first-order valence-electron chi connectivity index (χ1n) is 3.54. The molecule has 1 rings (SSSR count). The number of hydrogen-bond donors (Lipinski definition) is 1. The fourth-order valence-electron chi connectivity index (χ4n) is 1.06. The molecular formula is C8H13N3. The fraction of sp³-hybridized carbons (Fsp3) is 0.375. The van der Waals surface area contributed by atoms with Gasteiger partial charge in [-0.15, -0.1) is 0 Å². The molecule has 1 aliphatic rings. The lowest BCUT2D eigenvalue weighted by Gasteiger charge is -2.08. The molecule has 0 bridgehead atoms. The predicted molar refractivity (Wildman–Crippen MR) is 47.4 cm³/mol. The third-order valence-electron chi connectivity index (χ3n) is 1.64. The Balaban J connectivity index is 2.88. The molecular weight excluding hydrogens is 138 g/mol. The van der Waals surface area contributed by atoms with Crippen LogP contribution in [-0.2, 0) is 0 Å². The lowest BCUT2D eigenvalue weighted by Crippen LogP contribution is -2.16. The van der Waals surface area contributed by atoms with Gasteiger partial charge in [0.15, 0.2) is 0 Å². The quantitative estimate of drug-likeness (QED) is 0.593. The Morgan fingerprint density at radius 2 is 2.45 bits per heavy atom. The van der Waals surface area contributed by atoms with Gasteiger partial charge in [-0.25, -0.2) is 0 Å². The Labute approximate surface area is 67.1 Å². The van der Waals surface area contributed by atoms with Gasteiger partial charge >= 0.3 is 0 Å². The van der Waals surface area contributed by atoms with Crippen LogP contribution >= 0.6 is 0 Å². The lowest BCUT2D eigenvalue weighted by molar-refractivity contribution is 0.466. The maximum Gasteiger partial charge on any atom is 0.146 e. The molecule has 0 aromatic rings. The summed E-state index contributed by atoms with van der Waals surface area (Å²) in [6, 6.07) is 0. The Morgan fingerprint density at radius 1 is 1.73 bits per heavy atom. The number of hydrogen-bond acceptors (Lipinski definition) is 2. The highest BCUT2D eigenvalue weighted by Gasteiger charge is 2.17. The van der Waals surface area contributed by atoms with Gasteiger partial charge in [0.05, 0.1) is 12.4 Å². The van der Waals surface area contributed by atoms with Gasteiger partial charge in [0.2, 0.25) is 0 Å². The van der Waals surface area contributed by atoms with Crippen LogP contribution < -0.4 is 5.32 Å². The molecule has 11 heavy (non-hydrogen) atoms. The highest BCUT2D eigenvalue weighted by atomic mass is 15.3. The van der Waals surface area contributed by atoms with Gasteiger partial charge in [0.1, 0.15) is 5.84 Å². The van der Waals surface area contributed by atoms with Gasteiger partial charge < -0.3 is 10.2 Å². The number of nitrogens with zero attached hydrogens (tertiary/aromatic N) is 2. The summed E-state index contributed by atoms with van der Waals surface area (Å²) in [4.78, 5) is 6.17. The minimum atomic E-state index is 0.826. The minimum Gasteiger partial charge on any atom is -0.354 e. The first-order chi connectivity index (χ1) is 5.29. The van der Waals surface area contributed by atoms with Crippen LogP contribution in [0.1, 0.15) is 0 Å². The second-order valence-electron chi connectivity index (χ2n) is 2.39. The van der Waals surface area contributed by atoms with Crippen LogP contribution in [0.2, 0.25) is 0 Å². The summed E-state index contributed by atoms with van der Waals surface area (Å²) in [5, 5.41) is 3.15. The van der Waals surface area contributed by atoms with E-state index in [1.807, 2.05) is 13.1 Å². The van der Waals surface area contributed by atoms with Crippen molar-refractivity contribution in [2.45, 2.75) is 0 Å². The summed E-state index contributed by atoms with van der Waals surface area (Å²) in [5.74, 6) is 0.937. The minimum absolute atomic E-state index is 0.826. The zero-order valence-electron chi connectivity index (χ0n) is 6.96. The summed E-state index contributed by atoms with van der Waals surface area (Å²) < 4.78 is 0. The van der Waals surface area contributed by atoms with Crippen molar-refractivity contribution in [1.82, 2.24) is 10.2 Å². The number of likely N-dealkylation sites (N-methyl/N-ethyl adjacent to an activating group) is 1. The molecule has 1 saturated heterocycles. The average Bonchev–Trinajstić information content (AvgIpc) is 2.34. The molecule has 1 N–H and O–H groups in total. The summed E-state index contributed by atoms with van der Waals surface area (Å²) >= 11 is 0. The molecule has 0 aromatic carbocycles. The van der Waals surface area contributed by atoms with E-state index in [9.17, 15) is 0 Å². The van der Waals surface area contributed by atoms with Crippen LogP contribution in [0.5, 0.6) is 0 Å². The molecule has 0 radical (unpaired) electrons. The van der Waals surface area contributed by atoms with E-state index in [1.54, 1.807) is 13.1 Å². The van der Waals surface area contributed by atoms with Gasteiger partial charge in [-0.05, 0) is 6.08 Å². The molecule has 1 aliphatic heterocycles. The second-order valence-corrected chi connectivity index (χ2v) is 2.39. The first-order valence-corrected chi connectivity index (χ1v) is 3.54. The third kappa shape index (κ3) is 1.42. The summed E-state index contributed by atoms with van der Waals surface area (Å²) in [6.07, 6.45) is 3.71. The molecule has 3 heteroatoms. The van der Waals surface area contributed by atoms with Crippen LogP contribution in [0, 0.1) is 0 Å². The molecule has 1 fully saturated rings. The number of allylic oxidation sites excluding steroid dienone is 2. The van der Waals surface area contributed by atoms with Gasteiger partial charge in [0, 0.05) is 14.1 Å². The van der Waals surface area contributed by atoms with Gasteiger partial charge in [-0.2, -0.15) is 0 Å². The normalized spacial score (nSPS) is 24.4. The average molecular weight is 151 g/mol. The van der Waals surface area contributed by atoms with Crippen molar-refractivity contribution in [3.63, 3.8) is 0 Å². The maximum atomic E-state index is 4.09. The molecule has 0 amide bonds. The summed E-state index contributed by atoms with van der Waals surface area (Å²) in [5.41, 5.74) is 1.10. The van der Waals surface area contributed by atoms with E-state index in [1.165, 1.54) is 0 Å². The smallest absolute Gasteiger partial charge is 0.146 e. The van der Waals surface area contributed by atoms with Gasteiger partial charge in [-0.1, -0.05) is 12.7 Å². The Kier molecular flexibility index (Phi) is 2.31. The van der Waals surface area contributed by atoms with Crippen molar-refractivity contribution in [3.8, 4) is 0 Å². The van der Waals surface area contributed by atoms with Crippen LogP contribution in [-0.4, -0.2) is 31.5 Å². The van der Waals surface area contributed by atoms with Crippen molar-refractivity contribution in [3.05, 3.63) is 24.4 Å². The zero-order valence-corrected chi connectivity index (χ0v) is 6.96. The van der Waals surface area contributed by atoms with E-state index < -0.39 is 0 Å². The Bertz CT molecular complexity index is 215.